The summed E-state index contributed by atoms with van der Waals surface area (Å²) in [6.45, 7) is 1.93. The molecule has 20 heavy (non-hydrogen) atoms. The number of rotatable bonds is 3. The zero-order valence-electron chi connectivity index (χ0n) is 10.8. The largest absolute Gasteiger partial charge is 0.384 e. The summed E-state index contributed by atoms with van der Waals surface area (Å²) in [6.07, 6.45) is 0.686. The molecule has 0 bridgehead atoms. The van der Waals surface area contributed by atoms with E-state index in [9.17, 15) is 9.18 Å². The van der Waals surface area contributed by atoms with Gasteiger partial charge in [-0.3, -0.25) is 4.79 Å². The molecule has 1 heterocycles. The highest BCUT2D eigenvalue weighted by molar-refractivity contribution is 9.10. The molecule has 0 aliphatic rings. The van der Waals surface area contributed by atoms with Crippen molar-refractivity contribution in [2.24, 2.45) is 0 Å². The molecular weight excluding hydrogens is 325 g/mol. The van der Waals surface area contributed by atoms with Crippen LogP contribution in [0.3, 0.4) is 0 Å². The molecule has 0 unspecified atom stereocenters. The number of nitrogens with two attached hydrogens (primary N) is 1. The van der Waals surface area contributed by atoms with Gasteiger partial charge >= 0.3 is 0 Å². The van der Waals surface area contributed by atoms with E-state index in [1.807, 2.05) is 6.92 Å². The van der Waals surface area contributed by atoms with Gasteiger partial charge < -0.3 is 11.1 Å². The van der Waals surface area contributed by atoms with Crippen LogP contribution in [0.25, 0.3) is 0 Å². The van der Waals surface area contributed by atoms with E-state index in [-0.39, 0.29) is 11.7 Å². The fraction of sp³-hybridized carbons (Fsp3) is 0.143. The molecule has 0 aliphatic heterocycles. The molecule has 1 aromatic heterocycles. The van der Waals surface area contributed by atoms with Crippen molar-refractivity contribution in [1.82, 2.24) is 4.98 Å². The summed E-state index contributed by atoms with van der Waals surface area (Å²) in [5.41, 5.74) is 7.32. The van der Waals surface area contributed by atoms with E-state index in [4.69, 9.17) is 5.73 Å². The molecular formula is C14H13BrFN3O. The fourth-order valence-electron chi connectivity index (χ4n) is 1.71. The smallest absolute Gasteiger partial charge is 0.255 e. The van der Waals surface area contributed by atoms with Crippen LogP contribution in [0.5, 0.6) is 0 Å². The molecule has 0 saturated heterocycles. The number of pyridine rings is 1. The molecule has 0 atom stereocenters. The Kier molecular flexibility index (Phi) is 4.34. The van der Waals surface area contributed by atoms with Gasteiger partial charge in [0.2, 0.25) is 0 Å². The number of hydrogen-bond acceptors (Lipinski definition) is 3. The summed E-state index contributed by atoms with van der Waals surface area (Å²) in [5.74, 6) is -0.398. The van der Waals surface area contributed by atoms with Crippen LogP contribution in [-0.2, 0) is 6.42 Å². The number of nitrogens with one attached hydrogen (secondary N) is 1. The summed E-state index contributed by atoms with van der Waals surface area (Å²) in [7, 11) is 0. The molecule has 2 aromatic rings. The first kappa shape index (κ1) is 14.5. The van der Waals surface area contributed by atoms with E-state index < -0.39 is 0 Å². The first-order valence-electron chi connectivity index (χ1n) is 6.02. The van der Waals surface area contributed by atoms with Crippen LogP contribution in [0.4, 0.5) is 15.9 Å². The molecule has 0 saturated carbocycles. The molecule has 104 valence electrons. The van der Waals surface area contributed by atoms with Crippen molar-refractivity contribution in [3.8, 4) is 0 Å². The Morgan fingerprint density at radius 1 is 1.40 bits per heavy atom. The SMILES string of the molecule is CCc1cc(C(=O)Nc2ccc(F)cc2Br)cc(N)n1. The Hall–Kier alpha value is -1.95. The van der Waals surface area contributed by atoms with E-state index in [1.165, 1.54) is 24.3 Å². The average Bonchev–Trinajstić information content (AvgIpc) is 2.41. The Morgan fingerprint density at radius 3 is 2.80 bits per heavy atom. The second kappa shape index (κ2) is 6.00. The number of anilines is 2. The van der Waals surface area contributed by atoms with E-state index in [2.05, 4.69) is 26.2 Å². The lowest BCUT2D eigenvalue weighted by Crippen LogP contribution is -2.14. The summed E-state index contributed by atoms with van der Waals surface area (Å²) in [5, 5.41) is 2.70. The average molecular weight is 338 g/mol. The van der Waals surface area contributed by atoms with E-state index in [0.29, 0.717) is 28.0 Å². The Morgan fingerprint density at radius 2 is 2.15 bits per heavy atom. The third-order valence-corrected chi connectivity index (χ3v) is 3.36. The quantitative estimate of drug-likeness (QED) is 0.902. The van der Waals surface area contributed by atoms with Crippen LogP contribution in [0.2, 0.25) is 0 Å². The molecule has 0 radical (unpaired) electrons. The first-order valence-corrected chi connectivity index (χ1v) is 6.81. The lowest BCUT2D eigenvalue weighted by Gasteiger charge is -2.09. The third kappa shape index (κ3) is 3.33. The predicted molar refractivity (Wildman–Crippen MR) is 80.1 cm³/mol. The normalized spacial score (nSPS) is 10.3. The van der Waals surface area contributed by atoms with E-state index >= 15 is 0 Å². The van der Waals surface area contributed by atoms with Gasteiger partial charge in [-0.25, -0.2) is 9.37 Å². The van der Waals surface area contributed by atoms with Gasteiger partial charge in [0.15, 0.2) is 0 Å². The maximum atomic E-state index is 13.0. The lowest BCUT2D eigenvalue weighted by atomic mass is 10.1. The van der Waals surface area contributed by atoms with Gasteiger partial charge in [0, 0.05) is 15.7 Å². The van der Waals surface area contributed by atoms with Crippen molar-refractivity contribution >= 4 is 33.3 Å². The minimum absolute atomic E-state index is 0.299. The van der Waals surface area contributed by atoms with Gasteiger partial charge in [0.25, 0.3) is 5.91 Å². The van der Waals surface area contributed by atoms with Crippen LogP contribution >= 0.6 is 15.9 Å². The second-order valence-electron chi connectivity index (χ2n) is 4.20. The monoisotopic (exact) mass is 337 g/mol. The fourth-order valence-corrected chi connectivity index (χ4v) is 2.16. The molecule has 0 fully saturated rings. The van der Waals surface area contributed by atoms with Crippen molar-refractivity contribution in [3.05, 3.63) is 51.9 Å². The summed E-state index contributed by atoms with van der Waals surface area (Å²) >= 11 is 3.20. The van der Waals surface area contributed by atoms with Crippen LogP contribution in [0.15, 0.2) is 34.8 Å². The summed E-state index contributed by atoms with van der Waals surface area (Å²) < 4.78 is 13.5. The highest BCUT2D eigenvalue weighted by atomic mass is 79.9. The molecule has 0 spiro atoms. The van der Waals surface area contributed by atoms with E-state index in [0.717, 1.165) is 5.69 Å². The highest BCUT2D eigenvalue weighted by Crippen LogP contribution is 2.23. The Balaban J connectivity index is 2.26. The van der Waals surface area contributed by atoms with Crippen molar-refractivity contribution < 1.29 is 9.18 Å². The maximum Gasteiger partial charge on any atom is 0.255 e. The van der Waals surface area contributed by atoms with Gasteiger partial charge in [-0.05, 0) is 52.7 Å². The number of halogens is 2. The maximum absolute atomic E-state index is 13.0. The number of carbonyl (C=O) groups is 1. The molecule has 1 aromatic carbocycles. The zero-order chi connectivity index (χ0) is 14.7. The highest BCUT2D eigenvalue weighted by Gasteiger charge is 2.11. The predicted octanol–water partition coefficient (Wildman–Crippen LogP) is 3.38. The molecule has 0 aliphatic carbocycles. The van der Waals surface area contributed by atoms with Crippen molar-refractivity contribution in [2.45, 2.75) is 13.3 Å². The minimum atomic E-state index is -0.378. The zero-order valence-corrected chi connectivity index (χ0v) is 12.4. The Bertz CT molecular complexity index is 661. The van der Waals surface area contributed by atoms with Crippen LogP contribution in [-0.4, -0.2) is 10.9 Å². The van der Waals surface area contributed by atoms with E-state index in [1.54, 1.807) is 6.07 Å². The molecule has 2 rings (SSSR count). The molecule has 3 N–H and O–H groups in total. The third-order valence-electron chi connectivity index (χ3n) is 2.70. The Labute approximate surface area is 124 Å². The summed E-state index contributed by atoms with van der Waals surface area (Å²) in [4.78, 5) is 16.3. The molecule has 1 amide bonds. The van der Waals surface area contributed by atoms with Crippen LogP contribution < -0.4 is 11.1 Å². The minimum Gasteiger partial charge on any atom is -0.384 e. The van der Waals surface area contributed by atoms with Crippen LogP contribution in [0, 0.1) is 5.82 Å². The van der Waals surface area contributed by atoms with Crippen molar-refractivity contribution in [2.75, 3.05) is 11.1 Å². The van der Waals surface area contributed by atoms with Crippen LogP contribution in [0.1, 0.15) is 23.0 Å². The topological polar surface area (TPSA) is 68.0 Å². The van der Waals surface area contributed by atoms with Crippen molar-refractivity contribution in [3.63, 3.8) is 0 Å². The summed E-state index contributed by atoms with van der Waals surface area (Å²) in [6, 6.07) is 7.24. The van der Waals surface area contributed by atoms with Gasteiger partial charge in [0.1, 0.15) is 11.6 Å². The van der Waals surface area contributed by atoms with Gasteiger partial charge in [-0.1, -0.05) is 6.92 Å². The van der Waals surface area contributed by atoms with Gasteiger partial charge in [-0.15, -0.1) is 0 Å². The van der Waals surface area contributed by atoms with Gasteiger partial charge in [0.05, 0.1) is 5.69 Å². The lowest BCUT2D eigenvalue weighted by molar-refractivity contribution is 0.102. The van der Waals surface area contributed by atoms with Crippen molar-refractivity contribution in [1.29, 1.82) is 0 Å². The number of hydrogen-bond donors (Lipinski definition) is 2. The number of aromatic nitrogens is 1. The number of carbonyl (C=O) groups excluding carboxylic acids is 1. The number of nitrogen functional groups attached to an aromatic ring is 1. The second-order valence-corrected chi connectivity index (χ2v) is 5.06. The number of aryl methyl sites for hydroxylation is 1. The molecule has 6 heteroatoms. The number of benzene rings is 1. The van der Waals surface area contributed by atoms with Gasteiger partial charge in [-0.2, -0.15) is 0 Å². The molecule has 4 nitrogen and oxygen atoms in total. The number of nitrogens with zero attached hydrogens (tertiary/aromatic N) is 1. The first-order chi connectivity index (χ1) is 9.49. The standard InChI is InChI=1S/C14H13BrFN3O/c1-2-10-5-8(6-13(17)18-10)14(20)19-12-4-3-9(16)7-11(12)15/h3-7H,2H2,1H3,(H2,17,18)(H,19,20). The number of amides is 1.